The Morgan fingerprint density at radius 1 is 1.05 bits per heavy atom. The van der Waals surface area contributed by atoms with Gasteiger partial charge in [0.25, 0.3) is 10.0 Å². The molecule has 1 heterocycles. The lowest BCUT2D eigenvalue weighted by molar-refractivity contribution is 0.601. The van der Waals surface area contributed by atoms with Crippen molar-refractivity contribution in [2.24, 2.45) is 0 Å². The van der Waals surface area contributed by atoms with Crippen LogP contribution < -0.4 is 10.0 Å². The number of hydrogen-bond acceptors (Lipinski definition) is 3. The Morgan fingerprint density at radius 3 is 2.55 bits per heavy atom. The molecule has 0 saturated heterocycles. The minimum atomic E-state index is -3.59. The number of hydrogen-bond donors (Lipinski definition) is 2. The maximum absolute atomic E-state index is 12.4. The third-order valence-corrected chi connectivity index (χ3v) is 5.45. The lowest BCUT2D eigenvalue weighted by Gasteiger charge is -2.13. The lowest BCUT2D eigenvalue weighted by Crippen LogP contribution is -2.16. The molecule has 3 rings (SSSR count). The molecular formula is C16H17ClN2O2S. The molecular weight excluding hydrogens is 320 g/mol. The molecule has 0 radical (unpaired) electrons. The van der Waals surface area contributed by atoms with Gasteiger partial charge in [-0.25, -0.2) is 8.42 Å². The summed E-state index contributed by atoms with van der Waals surface area (Å²) in [5.74, 6) is 0. The molecule has 0 aromatic heterocycles. The maximum atomic E-state index is 12.4. The molecule has 2 aromatic rings. The molecule has 0 atom stereocenters. The van der Waals surface area contributed by atoms with Crippen molar-refractivity contribution in [3.8, 4) is 0 Å². The van der Waals surface area contributed by atoms with Crippen LogP contribution in [0, 0.1) is 0 Å². The Morgan fingerprint density at radius 2 is 1.77 bits per heavy atom. The fourth-order valence-electron chi connectivity index (χ4n) is 2.63. The highest BCUT2D eigenvalue weighted by Gasteiger charge is 2.17. The van der Waals surface area contributed by atoms with Gasteiger partial charge in [0, 0.05) is 5.02 Å². The number of nitrogens with one attached hydrogen (secondary N) is 2. The van der Waals surface area contributed by atoms with Gasteiger partial charge in [0.1, 0.15) is 0 Å². The van der Waals surface area contributed by atoms with Crippen molar-refractivity contribution in [1.82, 2.24) is 5.32 Å². The number of fused-ring (bicyclic) bond motifs is 1. The first-order valence-corrected chi connectivity index (χ1v) is 9.02. The molecule has 6 heteroatoms. The summed E-state index contributed by atoms with van der Waals surface area (Å²) in [5.41, 5.74) is 2.71. The molecule has 1 aliphatic rings. The van der Waals surface area contributed by atoms with Gasteiger partial charge >= 0.3 is 0 Å². The van der Waals surface area contributed by atoms with E-state index in [-0.39, 0.29) is 4.90 Å². The van der Waals surface area contributed by atoms with Gasteiger partial charge in [0.05, 0.1) is 10.6 Å². The summed E-state index contributed by atoms with van der Waals surface area (Å²) in [7, 11) is -3.59. The van der Waals surface area contributed by atoms with E-state index in [2.05, 4.69) is 10.0 Å². The first-order valence-electron chi connectivity index (χ1n) is 7.16. The highest BCUT2D eigenvalue weighted by atomic mass is 35.5. The number of sulfonamides is 1. The van der Waals surface area contributed by atoms with Crippen molar-refractivity contribution in [2.75, 3.05) is 17.8 Å². The van der Waals surface area contributed by atoms with Crippen molar-refractivity contribution >= 4 is 27.3 Å². The summed E-state index contributed by atoms with van der Waals surface area (Å²) in [6.07, 6.45) is 1.70. The van der Waals surface area contributed by atoms with E-state index in [9.17, 15) is 8.42 Å². The quantitative estimate of drug-likeness (QED) is 0.906. The SMILES string of the molecule is O=S(=O)(Nc1cc(Cl)c2c(c1)CCNCC2)c1ccccc1. The third kappa shape index (κ3) is 3.27. The number of anilines is 1. The van der Waals surface area contributed by atoms with Gasteiger partial charge in [0.15, 0.2) is 0 Å². The minimum absolute atomic E-state index is 0.239. The van der Waals surface area contributed by atoms with Gasteiger partial charge in [-0.1, -0.05) is 29.8 Å². The van der Waals surface area contributed by atoms with Crippen molar-refractivity contribution < 1.29 is 8.42 Å². The largest absolute Gasteiger partial charge is 0.316 e. The predicted molar refractivity (Wildman–Crippen MR) is 89.0 cm³/mol. The van der Waals surface area contributed by atoms with Crippen LogP contribution >= 0.6 is 11.6 Å². The van der Waals surface area contributed by atoms with E-state index in [1.807, 2.05) is 6.07 Å². The average Bonchev–Trinajstić information content (AvgIpc) is 2.73. The fraction of sp³-hybridized carbons (Fsp3) is 0.250. The van der Waals surface area contributed by atoms with E-state index in [0.29, 0.717) is 10.7 Å². The van der Waals surface area contributed by atoms with E-state index < -0.39 is 10.0 Å². The van der Waals surface area contributed by atoms with Gasteiger partial charge in [-0.05, 0) is 61.3 Å². The summed E-state index contributed by atoms with van der Waals surface area (Å²) in [6.45, 7) is 1.76. The van der Waals surface area contributed by atoms with Crippen LogP contribution in [0.5, 0.6) is 0 Å². The number of benzene rings is 2. The van der Waals surface area contributed by atoms with Crippen LogP contribution in [-0.2, 0) is 22.9 Å². The van der Waals surface area contributed by atoms with Gasteiger partial charge in [-0.15, -0.1) is 0 Å². The normalized spacial score (nSPS) is 15.0. The van der Waals surface area contributed by atoms with Crippen LogP contribution in [0.2, 0.25) is 5.02 Å². The molecule has 116 valence electrons. The zero-order valence-electron chi connectivity index (χ0n) is 12.0. The molecule has 0 saturated carbocycles. The molecule has 0 bridgehead atoms. The third-order valence-electron chi connectivity index (χ3n) is 3.72. The molecule has 0 amide bonds. The fourth-order valence-corrected chi connectivity index (χ4v) is 4.03. The van der Waals surface area contributed by atoms with Crippen LogP contribution in [0.1, 0.15) is 11.1 Å². The number of halogens is 1. The van der Waals surface area contributed by atoms with Gasteiger partial charge in [-0.2, -0.15) is 0 Å². The summed E-state index contributed by atoms with van der Waals surface area (Å²) < 4.78 is 27.4. The van der Waals surface area contributed by atoms with E-state index in [4.69, 9.17) is 11.6 Å². The molecule has 0 unspecified atom stereocenters. The highest BCUT2D eigenvalue weighted by molar-refractivity contribution is 7.92. The topological polar surface area (TPSA) is 58.2 Å². The Balaban J connectivity index is 1.93. The lowest BCUT2D eigenvalue weighted by atomic mass is 10.0. The second kappa shape index (κ2) is 6.28. The summed E-state index contributed by atoms with van der Waals surface area (Å²) in [6, 6.07) is 11.9. The molecule has 1 aliphatic heterocycles. The minimum Gasteiger partial charge on any atom is -0.316 e. The Bertz CT molecular complexity index is 776. The zero-order chi connectivity index (χ0) is 15.6. The van der Waals surface area contributed by atoms with Crippen molar-refractivity contribution in [3.05, 3.63) is 58.6 Å². The smallest absolute Gasteiger partial charge is 0.261 e. The molecule has 0 spiro atoms. The van der Waals surface area contributed by atoms with E-state index in [1.165, 1.54) is 0 Å². The van der Waals surface area contributed by atoms with Crippen LogP contribution in [-0.4, -0.2) is 21.5 Å². The first kappa shape index (κ1) is 15.3. The van der Waals surface area contributed by atoms with Crippen LogP contribution in [0.3, 0.4) is 0 Å². The first-order chi connectivity index (χ1) is 10.6. The van der Waals surface area contributed by atoms with Gasteiger partial charge in [-0.3, -0.25) is 4.72 Å². The van der Waals surface area contributed by atoms with E-state index in [1.54, 1.807) is 36.4 Å². The van der Waals surface area contributed by atoms with Crippen molar-refractivity contribution in [2.45, 2.75) is 17.7 Å². The molecule has 2 N–H and O–H groups in total. The van der Waals surface area contributed by atoms with Crippen LogP contribution in [0.25, 0.3) is 0 Å². The summed E-state index contributed by atoms with van der Waals surface area (Å²) >= 11 is 6.33. The molecule has 22 heavy (non-hydrogen) atoms. The van der Waals surface area contributed by atoms with E-state index in [0.717, 1.165) is 37.1 Å². The van der Waals surface area contributed by atoms with Gasteiger partial charge in [0.2, 0.25) is 0 Å². The zero-order valence-corrected chi connectivity index (χ0v) is 13.5. The summed E-state index contributed by atoms with van der Waals surface area (Å²) in [5, 5.41) is 3.94. The monoisotopic (exact) mass is 336 g/mol. The molecule has 0 aliphatic carbocycles. The Labute approximate surface area is 135 Å². The number of rotatable bonds is 3. The Kier molecular flexibility index (Phi) is 4.38. The van der Waals surface area contributed by atoms with Crippen molar-refractivity contribution in [3.63, 3.8) is 0 Å². The van der Waals surface area contributed by atoms with Gasteiger partial charge < -0.3 is 5.32 Å². The molecule has 2 aromatic carbocycles. The Hall–Kier alpha value is -1.56. The highest BCUT2D eigenvalue weighted by Crippen LogP contribution is 2.28. The van der Waals surface area contributed by atoms with Crippen LogP contribution in [0.15, 0.2) is 47.4 Å². The average molecular weight is 337 g/mol. The molecule has 4 nitrogen and oxygen atoms in total. The maximum Gasteiger partial charge on any atom is 0.261 e. The van der Waals surface area contributed by atoms with Crippen LogP contribution in [0.4, 0.5) is 5.69 Å². The van der Waals surface area contributed by atoms with E-state index >= 15 is 0 Å². The summed E-state index contributed by atoms with van der Waals surface area (Å²) in [4.78, 5) is 0.239. The molecule has 0 fully saturated rings. The predicted octanol–water partition coefficient (Wildman–Crippen LogP) is 2.83. The van der Waals surface area contributed by atoms with Crippen molar-refractivity contribution in [1.29, 1.82) is 0 Å². The second-order valence-corrected chi connectivity index (χ2v) is 7.35. The standard InChI is InChI=1S/C16H17ClN2O2S/c17-16-11-13(10-12-6-8-18-9-7-15(12)16)19-22(20,21)14-4-2-1-3-5-14/h1-5,10-11,18-19H,6-9H2. The second-order valence-electron chi connectivity index (χ2n) is 5.26.